The van der Waals surface area contributed by atoms with Crippen LogP contribution in [0.5, 0.6) is 0 Å². The molecule has 0 spiro atoms. The maximum atomic E-state index is 12.6. The molecule has 17 heavy (non-hydrogen) atoms. The van der Waals surface area contributed by atoms with Gasteiger partial charge in [-0.2, -0.15) is 13.2 Å². The highest BCUT2D eigenvalue weighted by molar-refractivity contribution is 5.82. The lowest BCUT2D eigenvalue weighted by atomic mass is 9.97. The van der Waals surface area contributed by atoms with Crippen LogP contribution in [0.1, 0.15) is 25.7 Å². The molecule has 2 fully saturated rings. The largest absolute Gasteiger partial charge is 0.393 e. The summed E-state index contributed by atoms with van der Waals surface area (Å²) in [5.74, 6) is -1.50. The maximum absolute atomic E-state index is 12.6. The first kappa shape index (κ1) is 12.7. The summed E-state index contributed by atoms with van der Waals surface area (Å²) < 4.78 is 37.8. The molecule has 0 saturated carbocycles. The van der Waals surface area contributed by atoms with Crippen molar-refractivity contribution in [3.05, 3.63) is 0 Å². The first-order valence-electron chi connectivity index (χ1n) is 6.07. The molecule has 0 radical (unpaired) electrons. The minimum atomic E-state index is -4.18. The Labute approximate surface area is 98.3 Å². The molecular formula is C11H17F3N2O. The number of halogens is 3. The second-order valence-electron chi connectivity index (χ2n) is 4.81. The van der Waals surface area contributed by atoms with Gasteiger partial charge in [0.2, 0.25) is 5.91 Å². The van der Waals surface area contributed by atoms with Crippen LogP contribution in [0.25, 0.3) is 0 Å². The van der Waals surface area contributed by atoms with E-state index in [0.717, 1.165) is 19.4 Å². The zero-order valence-corrected chi connectivity index (χ0v) is 9.59. The minimum absolute atomic E-state index is 0.144. The minimum Gasteiger partial charge on any atom is -0.341 e. The molecule has 2 rings (SSSR count). The predicted molar refractivity (Wildman–Crippen MR) is 56.4 cm³/mol. The van der Waals surface area contributed by atoms with E-state index in [4.69, 9.17) is 0 Å². The third-order valence-electron chi connectivity index (χ3n) is 3.55. The summed E-state index contributed by atoms with van der Waals surface area (Å²) in [7, 11) is 0. The molecule has 2 atom stereocenters. The molecule has 0 aromatic heterocycles. The lowest BCUT2D eigenvalue weighted by Crippen LogP contribution is -2.50. The number of nitrogens with one attached hydrogen (secondary N) is 1. The van der Waals surface area contributed by atoms with Crippen LogP contribution in [0.2, 0.25) is 0 Å². The average molecular weight is 250 g/mol. The van der Waals surface area contributed by atoms with Gasteiger partial charge in [0.1, 0.15) is 0 Å². The average Bonchev–Trinajstić information content (AvgIpc) is 2.80. The zero-order chi connectivity index (χ0) is 12.5. The number of hydrogen-bond donors (Lipinski definition) is 1. The standard InChI is InChI=1S/C11H17F3N2O/c12-11(13,14)8-3-2-6-16(7-8)10(17)9-4-1-5-15-9/h8-9,15H,1-7H2. The van der Waals surface area contributed by atoms with E-state index in [-0.39, 0.29) is 24.9 Å². The normalized spacial score (nSPS) is 30.6. The Hall–Kier alpha value is -0.780. The third kappa shape index (κ3) is 2.91. The van der Waals surface area contributed by atoms with Crippen LogP contribution in [0.15, 0.2) is 0 Å². The number of alkyl halides is 3. The van der Waals surface area contributed by atoms with Gasteiger partial charge in [-0.15, -0.1) is 0 Å². The number of carbonyl (C=O) groups is 1. The smallest absolute Gasteiger partial charge is 0.341 e. The van der Waals surface area contributed by atoms with Crippen molar-refractivity contribution in [2.75, 3.05) is 19.6 Å². The topological polar surface area (TPSA) is 32.3 Å². The Morgan fingerprint density at radius 3 is 2.59 bits per heavy atom. The highest BCUT2D eigenvalue weighted by atomic mass is 19.4. The highest BCUT2D eigenvalue weighted by Gasteiger charge is 2.43. The van der Waals surface area contributed by atoms with Gasteiger partial charge in [0, 0.05) is 13.1 Å². The number of piperidine rings is 1. The Balaban J connectivity index is 1.94. The van der Waals surface area contributed by atoms with Crippen LogP contribution in [-0.4, -0.2) is 42.7 Å². The molecule has 0 aromatic carbocycles. The third-order valence-corrected chi connectivity index (χ3v) is 3.55. The molecule has 0 aliphatic carbocycles. The molecule has 2 aliphatic rings. The van der Waals surface area contributed by atoms with Gasteiger partial charge in [-0.05, 0) is 32.2 Å². The molecule has 2 unspecified atom stereocenters. The predicted octanol–water partition coefficient (Wildman–Crippen LogP) is 1.54. The Kier molecular flexibility index (Phi) is 3.61. The lowest BCUT2D eigenvalue weighted by molar-refractivity contribution is -0.188. The summed E-state index contributed by atoms with van der Waals surface area (Å²) in [4.78, 5) is 13.3. The van der Waals surface area contributed by atoms with E-state index in [1.54, 1.807) is 0 Å². The van der Waals surface area contributed by atoms with Crippen molar-refractivity contribution in [3.8, 4) is 0 Å². The molecule has 2 heterocycles. The van der Waals surface area contributed by atoms with Crippen LogP contribution < -0.4 is 5.32 Å². The second kappa shape index (κ2) is 4.84. The fourth-order valence-electron chi connectivity index (χ4n) is 2.56. The van der Waals surface area contributed by atoms with Crippen LogP contribution >= 0.6 is 0 Å². The first-order chi connectivity index (χ1) is 7.98. The van der Waals surface area contributed by atoms with Crippen LogP contribution in [0.4, 0.5) is 13.2 Å². The van der Waals surface area contributed by atoms with Crippen molar-refractivity contribution >= 4 is 5.91 Å². The van der Waals surface area contributed by atoms with E-state index < -0.39 is 12.1 Å². The van der Waals surface area contributed by atoms with Crippen LogP contribution in [0, 0.1) is 5.92 Å². The van der Waals surface area contributed by atoms with Crippen molar-refractivity contribution < 1.29 is 18.0 Å². The summed E-state index contributed by atoms with van der Waals surface area (Å²) in [6.45, 7) is 1.08. The number of rotatable bonds is 1. The van der Waals surface area contributed by atoms with Gasteiger partial charge < -0.3 is 10.2 Å². The quantitative estimate of drug-likeness (QED) is 0.765. The fraction of sp³-hybridized carbons (Fsp3) is 0.909. The summed E-state index contributed by atoms with van der Waals surface area (Å²) in [6.07, 6.45) is -1.92. The first-order valence-corrected chi connectivity index (χ1v) is 6.07. The number of carbonyl (C=O) groups excluding carboxylic acids is 1. The van der Waals surface area contributed by atoms with E-state index in [2.05, 4.69) is 5.32 Å². The Bertz CT molecular complexity index is 287. The highest BCUT2D eigenvalue weighted by Crippen LogP contribution is 2.33. The SMILES string of the molecule is O=C(C1CCCN1)N1CCCC(C(F)(F)F)C1. The summed E-state index contributed by atoms with van der Waals surface area (Å²) in [6, 6.07) is -0.262. The summed E-state index contributed by atoms with van der Waals surface area (Å²) in [5.41, 5.74) is 0. The molecule has 2 saturated heterocycles. The zero-order valence-electron chi connectivity index (χ0n) is 9.59. The van der Waals surface area contributed by atoms with Crippen molar-refractivity contribution in [1.82, 2.24) is 10.2 Å². The lowest BCUT2D eigenvalue weighted by Gasteiger charge is -2.35. The Morgan fingerprint density at radius 2 is 2.00 bits per heavy atom. The molecule has 0 bridgehead atoms. The van der Waals surface area contributed by atoms with E-state index in [1.165, 1.54) is 4.90 Å². The van der Waals surface area contributed by atoms with Crippen molar-refractivity contribution in [2.24, 2.45) is 5.92 Å². The van der Waals surface area contributed by atoms with Crippen LogP contribution in [0.3, 0.4) is 0 Å². The fourth-order valence-corrected chi connectivity index (χ4v) is 2.56. The molecule has 98 valence electrons. The van der Waals surface area contributed by atoms with Gasteiger partial charge in [-0.25, -0.2) is 0 Å². The molecule has 0 aromatic rings. The van der Waals surface area contributed by atoms with Gasteiger partial charge in [-0.3, -0.25) is 4.79 Å². The second-order valence-corrected chi connectivity index (χ2v) is 4.81. The Morgan fingerprint density at radius 1 is 1.24 bits per heavy atom. The maximum Gasteiger partial charge on any atom is 0.393 e. The monoisotopic (exact) mass is 250 g/mol. The summed E-state index contributed by atoms with van der Waals surface area (Å²) >= 11 is 0. The number of nitrogens with zero attached hydrogens (tertiary/aromatic N) is 1. The number of hydrogen-bond acceptors (Lipinski definition) is 2. The molecular weight excluding hydrogens is 233 g/mol. The van der Waals surface area contributed by atoms with Crippen LogP contribution in [-0.2, 0) is 4.79 Å². The number of likely N-dealkylation sites (tertiary alicyclic amines) is 1. The van der Waals surface area contributed by atoms with Gasteiger partial charge >= 0.3 is 6.18 Å². The molecule has 1 N–H and O–H groups in total. The summed E-state index contributed by atoms with van der Waals surface area (Å²) in [5, 5.41) is 3.03. The van der Waals surface area contributed by atoms with Crippen molar-refractivity contribution in [2.45, 2.75) is 37.9 Å². The number of amides is 1. The van der Waals surface area contributed by atoms with Gasteiger partial charge in [0.15, 0.2) is 0 Å². The van der Waals surface area contributed by atoms with Crippen molar-refractivity contribution in [1.29, 1.82) is 0 Å². The van der Waals surface area contributed by atoms with Crippen molar-refractivity contribution in [3.63, 3.8) is 0 Å². The molecule has 1 amide bonds. The van der Waals surface area contributed by atoms with Gasteiger partial charge in [0.05, 0.1) is 12.0 Å². The van der Waals surface area contributed by atoms with E-state index in [0.29, 0.717) is 13.0 Å². The molecule has 6 heteroatoms. The van der Waals surface area contributed by atoms with Gasteiger partial charge in [-0.1, -0.05) is 0 Å². The van der Waals surface area contributed by atoms with E-state index >= 15 is 0 Å². The van der Waals surface area contributed by atoms with E-state index in [9.17, 15) is 18.0 Å². The van der Waals surface area contributed by atoms with E-state index in [1.807, 2.05) is 0 Å². The molecule has 3 nitrogen and oxygen atoms in total. The molecule has 2 aliphatic heterocycles. The van der Waals surface area contributed by atoms with Gasteiger partial charge in [0.25, 0.3) is 0 Å².